The number of nitrogens with zero attached hydrogens (tertiary/aromatic N) is 4. The van der Waals surface area contributed by atoms with Crippen LogP contribution in [-0.4, -0.2) is 58.6 Å². The van der Waals surface area contributed by atoms with Crippen LogP contribution in [0.1, 0.15) is 0 Å². The summed E-state index contributed by atoms with van der Waals surface area (Å²) >= 11 is 0. The van der Waals surface area contributed by atoms with Crippen molar-refractivity contribution in [3.63, 3.8) is 0 Å². The van der Waals surface area contributed by atoms with Gasteiger partial charge in [0.05, 0.1) is 25.3 Å². The quantitative estimate of drug-likeness (QED) is 0.776. The maximum atomic E-state index is 12.2. The van der Waals surface area contributed by atoms with Crippen LogP contribution >= 0.6 is 0 Å². The van der Waals surface area contributed by atoms with Crippen LogP contribution < -0.4 is 5.32 Å². The molecule has 0 spiro atoms. The third-order valence-electron chi connectivity index (χ3n) is 4.30. The summed E-state index contributed by atoms with van der Waals surface area (Å²) in [4.78, 5) is 27.2. The van der Waals surface area contributed by atoms with Gasteiger partial charge in [-0.3, -0.25) is 20.0 Å². The van der Waals surface area contributed by atoms with Gasteiger partial charge in [-0.05, 0) is 17.7 Å². The van der Waals surface area contributed by atoms with E-state index in [9.17, 15) is 4.79 Å². The molecule has 1 aromatic carbocycles. The number of hydrogen-bond donors (Lipinski definition) is 1. The molecule has 7 heteroatoms. The van der Waals surface area contributed by atoms with E-state index in [2.05, 4.69) is 25.2 Å². The van der Waals surface area contributed by atoms with Gasteiger partial charge in [-0.15, -0.1) is 0 Å². The zero-order valence-corrected chi connectivity index (χ0v) is 14.3. The van der Waals surface area contributed by atoms with Crippen LogP contribution in [0.4, 0.5) is 5.95 Å². The predicted molar refractivity (Wildman–Crippen MR) is 98.7 cm³/mol. The zero-order valence-electron chi connectivity index (χ0n) is 14.3. The molecule has 0 aliphatic carbocycles. The highest BCUT2D eigenvalue weighted by Gasteiger charge is 2.15. The molecule has 0 unspecified atom stereocenters. The molecule has 3 aromatic rings. The van der Waals surface area contributed by atoms with Crippen LogP contribution in [0.5, 0.6) is 0 Å². The molecule has 3 heterocycles. The molecule has 1 fully saturated rings. The minimum Gasteiger partial charge on any atom is -0.379 e. The molecule has 0 saturated carbocycles. The Labute approximate surface area is 151 Å². The zero-order chi connectivity index (χ0) is 17.8. The lowest BCUT2D eigenvalue weighted by molar-refractivity contribution is -0.118. The molecule has 1 saturated heterocycles. The van der Waals surface area contributed by atoms with E-state index in [0.717, 1.165) is 35.1 Å². The van der Waals surface area contributed by atoms with Crippen molar-refractivity contribution in [1.82, 2.24) is 19.9 Å². The normalized spacial score (nSPS) is 15.1. The van der Waals surface area contributed by atoms with E-state index in [1.807, 2.05) is 36.5 Å². The van der Waals surface area contributed by atoms with Gasteiger partial charge in [-0.2, -0.15) is 0 Å². The number of anilines is 1. The summed E-state index contributed by atoms with van der Waals surface area (Å²) in [6.45, 7) is 3.18. The predicted octanol–water partition coefficient (Wildman–Crippen LogP) is 1.96. The fourth-order valence-electron chi connectivity index (χ4n) is 2.92. The Hall–Kier alpha value is -2.90. The highest BCUT2D eigenvalue weighted by molar-refractivity contribution is 5.92. The van der Waals surface area contributed by atoms with E-state index in [4.69, 9.17) is 4.74 Å². The molecule has 1 amide bonds. The second kappa shape index (κ2) is 7.55. The van der Waals surface area contributed by atoms with Crippen LogP contribution in [0.25, 0.3) is 22.0 Å². The second-order valence-corrected chi connectivity index (χ2v) is 6.15. The van der Waals surface area contributed by atoms with Crippen LogP contribution in [0.2, 0.25) is 0 Å². The molecule has 0 atom stereocenters. The number of benzene rings is 1. The van der Waals surface area contributed by atoms with Gasteiger partial charge in [0.25, 0.3) is 0 Å². The number of hydrogen-bond acceptors (Lipinski definition) is 6. The SMILES string of the molecule is O=C(CN1CCOCC1)Nc1ncc2ccc(-c3cccnc3)cc2n1. The van der Waals surface area contributed by atoms with Crippen molar-refractivity contribution in [1.29, 1.82) is 0 Å². The smallest absolute Gasteiger partial charge is 0.240 e. The Bertz CT molecular complexity index is 910. The summed E-state index contributed by atoms with van der Waals surface area (Å²) in [5.41, 5.74) is 2.82. The van der Waals surface area contributed by atoms with Crippen LogP contribution in [0, 0.1) is 0 Å². The number of amides is 1. The molecule has 2 aromatic heterocycles. The second-order valence-electron chi connectivity index (χ2n) is 6.15. The Morgan fingerprint density at radius 3 is 2.85 bits per heavy atom. The largest absolute Gasteiger partial charge is 0.379 e. The Morgan fingerprint density at radius 1 is 1.15 bits per heavy atom. The number of morpholine rings is 1. The summed E-state index contributed by atoms with van der Waals surface area (Å²) in [7, 11) is 0. The summed E-state index contributed by atoms with van der Waals surface area (Å²) in [5, 5.41) is 3.70. The third kappa shape index (κ3) is 3.84. The van der Waals surface area contributed by atoms with Crippen molar-refractivity contribution in [3.05, 3.63) is 48.9 Å². The highest BCUT2D eigenvalue weighted by Crippen LogP contribution is 2.23. The summed E-state index contributed by atoms with van der Waals surface area (Å²) in [6.07, 6.45) is 5.28. The van der Waals surface area contributed by atoms with Gasteiger partial charge in [0.15, 0.2) is 0 Å². The molecular weight excluding hydrogens is 330 g/mol. The van der Waals surface area contributed by atoms with Crippen molar-refractivity contribution in [2.24, 2.45) is 0 Å². The average molecular weight is 349 g/mol. The van der Waals surface area contributed by atoms with Crippen molar-refractivity contribution in [3.8, 4) is 11.1 Å². The molecule has 1 N–H and O–H groups in total. The first-order chi connectivity index (χ1) is 12.8. The fraction of sp³-hybridized carbons (Fsp3) is 0.263. The van der Waals surface area contributed by atoms with Crippen LogP contribution in [0.3, 0.4) is 0 Å². The number of carbonyl (C=O) groups is 1. The first-order valence-corrected chi connectivity index (χ1v) is 8.55. The van der Waals surface area contributed by atoms with E-state index in [0.29, 0.717) is 25.7 Å². The molecule has 0 bridgehead atoms. The van der Waals surface area contributed by atoms with E-state index in [1.165, 1.54) is 0 Å². The van der Waals surface area contributed by atoms with E-state index < -0.39 is 0 Å². The maximum absolute atomic E-state index is 12.2. The number of fused-ring (bicyclic) bond motifs is 1. The Morgan fingerprint density at radius 2 is 2.04 bits per heavy atom. The number of nitrogens with one attached hydrogen (secondary N) is 1. The lowest BCUT2D eigenvalue weighted by Crippen LogP contribution is -2.41. The Balaban J connectivity index is 1.51. The first-order valence-electron chi connectivity index (χ1n) is 8.55. The van der Waals surface area contributed by atoms with Crippen molar-refractivity contribution in [2.75, 3.05) is 38.2 Å². The molecule has 132 valence electrons. The van der Waals surface area contributed by atoms with Gasteiger partial charge in [-0.25, -0.2) is 9.97 Å². The lowest BCUT2D eigenvalue weighted by atomic mass is 10.1. The number of rotatable bonds is 4. The molecule has 7 nitrogen and oxygen atoms in total. The van der Waals surface area contributed by atoms with E-state index >= 15 is 0 Å². The minimum atomic E-state index is -0.116. The van der Waals surface area contributed by atoms with Crippen molar-refractivity contribution < 1.29 is 9.53 Å². The van der Waals surface area contributed by atoms with E-state index in [1.54, 1.807) is 12.4 Å². The number of aromatic nitrogens is 3. The van der Waals surface area contributed by atoms with Gasteiger partial charge in [0.2, 0.25) is 11.9 Å². The third-order valence-corrected chi connectivity index (χ3v) is 4.30. The molecule has 1 aliphatic heterocycles. The topological polar surface area (TPSA) is 80.2 Å². The first kappa shape index (κ1) is 16.6. The summed E-state index contributed by atoms with van der Waals surface area (Å²) in [5.74, 6) is 0.203. The van der Waals surface area contributed by atoms with Gasteiger partial charge in [-0.1, -0.05) is 18.2 Å². The van der Waals surface area contributed by atoms with Gasteiger partial charge >= 0.3 is 0 Å². The average Bonchev–Trinajstić information content (AvgIpc) is 2.69. The van der Waals surface area contributed by atoms with Crippen LogP contribution in [0.15, 0.2) is 48.9 Å². The highest BCUT2D eigenvalue weighted by atomic mass is 16.5. The maximum Gasteiger partial charge on any atom is 0.240 e. The van der Waals surface area contributed by atoms with Gasteiger partial charge in [0.1, 0.15) is 0 Å². The molecule has 4 rings (SSSR count). The van der Waals surface area contributed by atoms with Crippen molar-refractivity contribution >= 4 is 22.8 Å². The van der Waals surface area contributed by atoms with Gasteiger partial charge < -0.3 is 4.74 Å². The number of pyridine rings is 1. The van der Waals surface area contributed by atoms with Crippen LogP contribution in [-0.2, 0) is 9.53 Å². The van der Waals surface area contributed by atoms with Crippen molar-refractivity contribution in [2.45, 2.75) is 0 Å². The van der Waals surface area contributed by atoms with Gasteiger partial charge in [0, 0.05) is 42.6 Å². The lowest BCUT2D eigenvalue weighted by Gasteiger charge is -2.25. The molecule has 1 aliphatic rings. The monoisotopic (exact) mass is 349 g/mol. The fourth-order valence-corrected chi connectivity index (χ4v) is 2.92. The van der Waals surface area contributed by atoms with E-state index in [-0.39, 0.29) is 5.91 Å². The summed E-state index contributed by atoms with van der Waals surface area (Å²) in [6, 6.07) is 9.86. The number of ether oxygens (including phenoxy) is 1. The summed E-state index contributed by atoms with van der Waals surface area (Å²) < 4.78 is 5.29. The Kier molecular flexibility index (Phi) is 4.81. The molecule has 26 heavy (non-hydrogen) atoms. The molecular formula is C19H19N5O2. The standard InChI is InChI=1S/C19H19N5O2/c25-18(13-24-6-8-26-9-7-24)23-19-21-12-16-4-3-14(10-17(16)22-19)15-2-1-5-20-11-15/h1-5,10-12H,6-9,13H2,(H,21,22,23,25). The number of carbonyl (C=O) groups excluding carboxylic acids is 1. The molecule has 0 radical (unpaired) electrons. The minimum absolute atomic E-state index is 0.116.